The van der Waals surface area contributed by atoms with Crippen molar-refractivity contribution in [3.8, 4) is 0 Å². The van der Waals surface area contributed by atoms with Crippen molar-refractivity contribution in [2.45, 2.75) is 58.3 Å². The Morgan fingerprint density at radius 1 is 0.960 bits per heavy atom. The highest BCUT2D eigenvalue weighted by Gasteiger charge is 2.54. The number of esters is 1. The summed E-state index contributed by atoms with van der Waals surface area (Å²) in [6.45, 7) is 2.58. The van der Waals surface area contributed by atoms with E-state index < -0.39 is 5.97 Å². The third-order valence-electron chi connectivity index (χ3n) is 6.07. The third-order valence-corrected chi connectivity index (χ3v) is 6.07. The van der Waals surface area contributed by atoms with Crippen LogP contribution in [0.5, 0.6) is 0 Å². The van der Waals surface area contributed by atoms with Gasteiger partial charge in [-0.25, -0.2) is 0 Å². The van der Waals surface area contributed by atoms with Gasteiger partial charge in [0, 0.05) is 18.5 Å². The van der Waals surface area contributed by atoms with Crippen LogP contribution in [0.3, 0.4) is 0 Å². The predicted molar refractivity (Wildman–Crippen MR) is 92.5 cm³/mol. The number of hydrogen-bond acceptors (Lipinski definition) is 4. The Labute approximate surface area is 149 Å². The summed E-state index contributed by atoms with van der Waals surface area (Å²) in [5, 5.41) is 5.60. The molecular weight excluding hydrogens is 320 g/mol. The molecule has 4 aliphatic carbocycles. The van der Waals surface area contributed by atoms with E-state index in [-0.39, 0.29) is 36.8 Å². The van der Waals surface area contributed by atoms with Crippen molar-refractivity contribution in [3.05, 3.63) is 0 Å². The van der Waals surface area contributed by atoms with Gasteiger partial charge in [-0.1, -0.05) is 6.92 Å². The van der Waals surface area contributed by atoms with Gasteiger partial charge in [-0.05, 0) is 62.7 Å². The molecule has 0 radical (unpaired) electrons. The van der Waals surface area contributed by atoms with E-state index in [0.717, 1.165) is 43.4 Å². The van der Waals surface area contributed by atoms with Crippen molar-refractivity contribution in [2.75, 3.05) is 19.7 Å². The first-order chi connectivity index (χ1) is 12.0. The molecule has 0 aliphatic heterocycles. The van der Waals surface area contributed by atoms with Crippen LogP contribution < -0.4 is 10.6 Å². The fraction of sp³-hybridized carbons (Fsp3) is 0.842. The van der Waals surface area contributed by atoms with Crippen LogP contribution in [0, 0.1) is 23.2 Å². The minimum Gasteiger partial charge on any atom is -0.456 e. The van der Waals surface area contributed by atoms with Gasteiger partial charge < -0.3 is 15.4 Å². The maximum Gasteiger partial charge on any atom is 0.308 e. The minimum atomic E-state index is -0.447. The molecule has 0 atom stereocenters. The summed E-state index contributed by atoms with van der Waals surface area (Å²) in [5.41, 5.74) is -0.182. The molecule has 4 bridgehead atoms. The van der Waals surface area contributed by atoms with Crippen molar-refractivity contribution in [3.63, 3.8) is 0 Å². The van der Waals surface area contributed by atoms with Crippen molar-refractivity contribution in [2.24, 2.45) is 23.2 Å². The standard InChI is InChI=1S/C19H30N2O4/c1-2-4-20-16(22)12-25-17(23)3-5-21-18(24)19-9-13-6-14(10-19)8-15(7-13)11-19/h13-15H,2-12H2,1H3,(H,20,22)(H,21,24). The topological polar surface area (TPSA) is 84.5 Å². The predicted octanol–water partition coefficient (Wildman–Crippen LogP) is 1.78. The zero-order chi connectivity index (χ0) is 17.9. The molecule has 2 amide bonds. The van der Waals surface area contributed by atoms with Gasteiger partial charge in [0.25, 0.3) is 5.91 Å². The first-order valence-electron chi connectivity index (χ1n) is 9.71. The van der Waals surface area contributed by atoms with Crippen LogP contribution in [0.25, 0.3) is 0 Å². The molecule has 2 N–H and O–H groups in total. The van der Waals surface area contributed by atoms with E-state index in [1.165, 1.54) is 19.3 Å². The highest BCUT2D eigenvalue weighted by Crippen LogP contribution is 2.60. The summed E-state index contributed by atoms with van der Waals surface area (Å²) in [7, 11) is 0. The monoisotopic (exact) mass is 350 g/mol. The summed E-state index contributed by atoms with van der Waals surface area (Å²) in [6, 6.07) is 0. The van der Waals surface area contributed by atoms with Crippen LogP contribution in [0.2, 0.25) is 0 Å². The van der Waals surface area contributed by atoms with Gasteiger partial charge in [-0.2, -0.15) is 0 Å². The second-order valence-corrected chi connectivity index (χ2v) is 8.21. The second-order valence-electron chi connectivity index (χ2n) is 8.21. The van der Waals surface area contributed by atoms with E-state index in [0.29, 0.717) is 6.54 Å². The molecule has 0 saturated heterocycles. The Kier molecular flexibility index (Phi) is 5.64. The molecule has 140 valence electrons. The summed E-state index contributed by atoms with van der Waals surface area (Å²) < 4.78 is 4.93. The Morgan fingerprint density at radius 2 is 1.56 bits per heavy atom. The molecule has 0 unspecified atom stereocenters. The number of carbonyl (C=O) groups excluding carboxylic acids is 3. The zero-order valence-electron chi connectivity index (χ0n) is 15.1. The smallest absolute Gasteiger partial charge is 0.308 e. The number of carbonyl (C=O) groups is 3. The lowest BCUT2D eigenvalue weighted by molar-refractivity contribution is -0.149. The van der Waals surface area contributed by atoms with E-state index >= 15 is 0 Å². The quantitative estimate of drug-likeness (QED) is 0.654. The minimum absolute atomic E-state index is 0.110. The summed E-state index contributed by atoms with van der Waals surface area (Å²) >= 11 is 0. The highest BCUT2D eigenvalue weighted by molar-refractivity contribution is 5.84. The Balaban J connectivity index is 1.37. The maximum absolute atomic E-state index is 12.7. The Morgan fingerprint density at radius 3 is 2.12 bits per heavy atom. The first kappa shape index (κ1) is 18.2. The van der Waals surface area contributed by atoms with Gasteiger partial charge in [0.05, 0.1) is 6.42 Å². The maximum atomic E-state index is 12.7. The number of nitrogens with one attached hydrogen (secondary N) is 2. The first-order valence-corrected chi connectivity index (χ1v) is 9.71. The normalized spacial score (nSPS) is 32.3. The van der Waals surface area contributed by atoms with Crippen LogP contribution in [0.4, 0.5) is 0 Å². The van der Waals surface area contributed by atoms with Gasteiger partial charge >= 0.3 is 5.97 Å². The number of amides is 2. The number of hydrogen-bond donors (Lipinski definition) is 2. The van der Waals surface area contributed by atoms with Gasteiger partial charge in [-0.15, -0.1) is 0 Å². The summed E-state index contributed by atoms with van der Waals surface area (Å²) in [5.74, 6) is 1.57. The van der Waals surface area contributed by atoms with Gasteiger partial charge in [0.1, 0.15) is 0 Å². The summed E-state index contributed by atoms with van der Waals surface area (Å²) in [4.78, 5) is 35.8. The average molecular weight is 350 g/mol. The molecular formula is C19H30N2O4. The van der Waals surface area contributed by atoms with Crippen LogP contribution in [-0.4, -0.2) is 37.5 Å². The van der Waals surface area contributed by atoms with Crippen LogP contribution >= 0.6 is 0 Å². The van der Waals surface area contributed by atoms with Crippen LogP contribution in [0.15, 0.2) is 0 Å². The van der Waals surface area contributed by atoms with Crippen LogP contribution in [0.1, 0.15) is 58.3 Å². The second kappa shape index (κ2) is 7.75. The lowest BCUT2D eigenvalue weighted by atomic mass is 9.49. The zero-order valence-corrected chi connectivity index (χ0v) is 15.1. The fourth-order valence-electron chi connectivity index (χ4n) is 5.39. The van der Waals surface area contributed by atoms with Crippen molar-refractivity contribution in [1.29, 1.82) is 0 Å². The molecule has 0 aromatic rings. The molecule has 25 heavy (non-hydrogen) atoms. The lowest BCUT2D eigenvalue weighted by Gasteiger charge is -2.55. The molecule has 0 spiro atoms. The lowest BCUT2D eigenvalue weighted by Crippen LogP contribution is -2.53. The number of rotatable bonds is 8. The van der Waals surface area contributed by atoms with E-state index in [1.807, 2.05) is 6.92 Å². The molecule has 0 aromatic carbocycles. The molecule has 0 aromatic heterocycles. The molecule has 6 nitrogen and oxygen atoms in total. The van der Waals surface area contributed by atoms with Crippen molar-refractivity contribution < 1.29 is 19.1 Å². The Hall–Kier alpha value is -1.59. The van der Waals surface area contributed by atoms with Crippen molar-refractivity contribution >= 4 is 17.8 Å². The van der Waals surface area contributed by atoms with Gasteiger partial charge in [-0.3, -0.25) is 14.4 Å². The van der Waals surface area contributed by atoms with Crippen molar-refractivity contribution in [1.82, 2.24) is 10.6 Å². The Bertz CT molecular complexity index is 496. The fourth-order valence-corrected chi connectivity index (χ4v) is 5.39. The summed E-state index contributed by atoms with van der Waals surface area (Å²) in [6.07, 6.45) is 7.93. The van der Waals surface area contributed by atoms with Gasteiger partial charge in [0.2, 0.25) is 5.91 Å². The SMILES string of the molecule is CCCNC(=O)COC(=O)CCNC(=O)C12CC3CC(CC(C3)C1)C2. The van der Waals surface area contributed by atoms with E-state index in [9.17, 15) is 14.4 Å². The molecule has 4 aliphatic rings. The average Bonchev–Trinajstić information content (AvgIpc) is 2.56. The van der Waals surface area contributed by atoms with E-state index in [2.05, 4.69) is 10.6 Å². The molecule has 4 rings (SSSR count). The van der Waals surface area contributed by atoms with E-state index in [1.54, 1.807) is 0 Å². The molecule has 6 heteroatoms. The largest absolute Gasteiger partial charge is 0.456 e. The molecule has 4 fully saturated rings. The molecule has 4 saturated carbocycles. The molecule has 0 heterocycles. The van der Waals surface area contributed by atoms with Gasteiger partial charge in [0.15, 0.2) is 6.61 Å². The van der Waals surface area contributed by atoms with E-state index in [4.69, 9.17) is 4.74 Å². The van der Waals surface area contributed by atoms with Crippen LogP contribution in [-0.2, 0) is 19.1 Å². The third kappa shape index (κ3) is 4.33. The highest BCUT2D eigenvalue weighted by atomic mass is 16.5. The number of ether oxygens (including phenoxy) is 1.